The highest BCUT2D eigenvalue weighted by atomic mass is 16.5. The van der Waals surface area contributed by atoms with Crippen molar-refractivity contribution >= 4 is 0 Å². The number of hydrogen-bond acceptors (Lipinski definition) is 3. The number of benzene rings is 1. The van der Waals surface area contributed by atoms with Crippen LogP contribution >= 0.6 is 0 Å². The molecule has 0 saturated heterocycles. The molecule has 0 radical (unpaired) electrons. The number of rotatable bonds is 6. The van der Waals surface area contributed by atoms with Gasteiger partial charge in [-0.05, 0) is 25.8 Å². The number of aromatic hydroxyl groups is 1. The van der Waals surface area contributed by atoms with Gasteiger partial charge < -0.3 is 15.2 Å². The van der Waals surface area contributed by atoms with Crippen molar-refractivity contribution in [3.63, 3.8) is 0 Å². The maximum atomic E-state index is 9.74. The summed E-state index contributed by atoms with van der Waals surface area (Å²) in [5, 5.41) is 13.1. The monoisotopic (exact) mass is 249 g/mol. The van der Waals surface area contributed by atoms with Gasteiger partial charge in [0.05, 0.1) is 12.7 Å². The molecule has 1 aliphatic rings. The molecule has 3 nitrogen and oxygen atoms in total. The zero-order valence-electron chi connectivity index (χ0n) is 11.1. The summed E-state index contributed by atoms with van der Waals surface area (Å²) in [6.07, 6.45) is 5.54. The summed E-state index contributed by atoms with van der Waals surface area (Å²) >= 11 is 0. The first-order valence-electron chi connectivity index (χ1n) is 6.90. The second-order valence-corrected chi connectivity index (χ2v) is 5.01. The van der Waals surface area contributed by atoms with Crippen molar-refractivity contribution in [2.45, 2.75) is 44.8 Å². The molecule has 1 aromatic carbocycles. The van der Waals surface area contributed by atoms with Gasteiger partial charge in [0.25, 0.3) is 0 Å². The molecular formula is C15H23NO2. The van der Waals surface area contributed by atoms with Crippen molar-refractivity contribution in [3.8, 4) is 5.75 Å². The van der Waals surface area contributed by atoms with Crippen LogP contribution in [0.3, 0.4) is 0 Å². The van der Waals surface area contributed by atoms with Gasteiger partial charge in [0.15, 0.2) is 0 Å². The lowest BCUT2D eigenvalue weighted by Crippen LogP contribution is -2.25. The molecule has 2 rings (SSSR count). The maximum absolute atomic E-state index is 9.74. The van der Waals surface area contributed by atoms with Crippen LogP contribution in [0.5, 0.6) is 5.75 Å². The van der Waals surface area contributed by atoms with Crippen LogP contribution < -0.4 is 5.32 Å². The summed E-state index contributed by atoms with van der Waals surface area (Å²) in [7, 11) is 0. The Morgan fingerprint density at radius 3 is 2.78 bits per heavy atom. The average molecular weight is 249 g/mol. The predicted molar refractivity (Wildman–Crippen MR) is 72.7 cm³/mol. The van der Waals surface area contributed by atoms with Crippen molar-refractivity contribution in [2.75, 3.05) is 13.2 Å². The molecule has 0 aromatic heterocycles. The lowest BCUT2D eigenvalue weighted by Gasteiger charge is -2.17. The van der Waals surface area contributed by atoms with E-state index in [-0.39, 0.29) is 6.04 Å². The van der Waals surface area contributed by atoms with Crippen LogP contribution in [0.25, 0.3) is 0 Å². The van der Waals surface area contributed by atoms with E-state index in [0.717, 1.165) is 18.7 Å². The second-order valence-electron chi connectivity index (χ2n) is 5.01. The zero-order chi connectivity index (χ0) is 12.8. The van der Waals surface area contributed by atoms with Crippen molar-refractivity contribution in [2.24, 2.45) is 0 Å². The van der Waals surface area contributed by atoms with Gasteiger partial charge in [-0.15, -0.1) is 0 Å². The highest BCUT2D eigenvalue weighted by molar-refractivity contribution is 5.34. The van der Waals surface area contributed by atoms with Crippen LogP contribution in [0.4, 0.5) is 0 Å². The van der Waals surface area contributed by atoms with Crippen molar-refractivity contribution in [1.82, 2.24) is 5.32 Å². The number of hydrogen-bond donors (Lipinski definition) is 2. The Hall–Kier alpha value is -1.06. The molecule has 0 bridgehead atoms. The minimum atomic E-state index is 0.151. The van der Waals surface area contributed by atoms with Gasteiger partial charge >= 0.3 is 0 Å². The molecule has 1 fully saturated rings. The molecule has 18 heavy (non-hydrogen) atoms. The van der Waals surface area contributed by atoms with E-state index in [0.29, 0.717) is 11.9 Å². The molecule has 1 atom stereocenters. The Balaban J connectivity index is 1.68. The fourth-order valence-corrected chi connectivity index (χ4v) is 2.52. The lowest BCUT2D eigenvalue weighted by molar-refractivity contribution is 0.0593. The molecule has 0 spiro atoms. The lowest BCUT2D eigenvalue weighted by atomic mass is 10.1. The molecule has 0 amide bonds. The highest BCUT2D eigenvalue weighted by Crippen LogP contribution is 2.23. The van der Waals surface area contributed by atoms with Crippen LogP contribution in [-0.4, -0.2) is 24.4 Å². The van der Waals surface area contributed by atoms with E-state index in [9.17, 15) is 5.11 Å². The first-order chi connectivity index (χ1) is 8.77. The minimum absolute atomic E-state index is 0.151. The zero-order valence-corrected chi connectivity index (χ0v) is 11.1. The number of ether oxygens (including phenoxy) is 1. The van der Waals surface area contributed by atoms with Gasteiger partial charge in [0.2, 0.25) is 0 Å². The van der Waals surface area contributed by atoms with E-state index in [4.69, 9.17) is 4.74 Å². The van der Waals surface area contributed by atoms with E-state index < -0.39 is 0 Å². The standard InChI is InChI=1S/C15H23NO2/c1-12(14-8-4-5-9-15(14)17)16-10-11-18-13-6-2-3-7-13/h4-5,8-9,12-13,16-17H,2-3,6-7,10-11H2,1H3. The van der Waals surface area contributed by atoms with Crippen LogP contribution in [0.1, 0.15) is 44.2 Å². The largest absolute Gasteiger partial charge is 0.508 e. The van der Waals surface area contributed by atoms with E-state index in [1.165, 1.54) is 25.7 Å². The third-order valence-electron chi connectivity index (χ3n) is 3.61. The Bertz CT molecular complexity index is 361. The Morgan fingerprint density at radius 1 is 1.33 bits per heavy atom. The molecule has 100 valence electrons. The molecule has 1 saturated carbocycles. The summed E-state index contributed by atoms with van der Waals surface area (Å²) in [4.78, 5) is 0. The van der Waals surface area contributed by atoms with Crippen LogP contribution in [0.2, 0.25) is 0 Å². The predicted octanol–water partition coefficient (Wildman–Crippen LogP) is 3.00. The van der Waals surface area contributed by atoms with Crippen molar-refractivity contribution in [3.05, 3.63) is 29.8 Å². The molecule has 0 aliphatic heterocycles. The van der Waals surface area contributed by atoms with Gasteiger partial charge in [-0.3, -0.25) is 0 Å². The smallest absolute Gasteiger partial charge is 0.120 e. The van der Waals surface area contributed by atoms with Crippen LogP contribution in [0.15, 0.2) is 24.3 Å². The third-order valence-corrected chi connectivity index (χ3v) is 3.61. The second kappa shape index (κ2) is 6.76. The molecule has 0 heterocycles. The quantitative estimate of drug-likeness (QED) is 0.761. The van der Waals surface area contributed by atoms with Gasteiger partial charge in [0, 0.05) is 18.2 Å². The van der Waals surface area contributed by atoms with E-state index in [1.807, 2.05) is 18.2 Å². The SMILES string of the molecule is CC(NCCOC1CCCC1)c1ccccc1O. The molecule has 2 N–H and O–H groups in total. The highest BCUT2D eigenvalue weighted by Gasteiger charge is 2.15. The third kappa shape index (κ3) is 3.72. The summed E-state index contributed by atoms with van der Waals surface area (Å²) in [6, 6.07) is 7.61. The Morgan fingerprint density at radius 2 is 2.06 bits per heavy atom. The number of nitrogens with one attached hydrogen (secondary N) is 1. The Labute approximate surface area is 109 Å². The fourth-order valence-electron chi connectivity index (χ4n) is 2.52. The summed E-state index contributed by atoms with van der Waals surface area (Å²) in [5.41, 5.74) is 0.943. The summed E-state index contributed by atoms with van der Waals surface area (Å²) < 4.78 is 5.79. The first kappa shape index (κ1) is 13.4. The van der Waals surface area contributed by atoms with Crippen LogP contribution in [-0.2, 0) is 4.74 Å². The van der Waals surface area contributed by atoms with Gasteiger partial charge in [-0.25, -0.2) is 0 Å². The molecule has 1 aromatic rings. The van der Waals surface area contributed by atoms with Gasteiger partial charge in [-0.2, -0.15) is 0 Å². The van der Waals surface area contributed by atoms with E-state index in [1.54, 1.807) is 6.07 Å². The first-order valence-corrected chi connectivity index (χ1v) is 6.90. The molecular weight excluding hydrogens is 226 g/mol. The number of phenolic OH excluding ortho intramolecular Hbond substituents is 1. The van der Waals surface area contributed by atoms with E-state index in [2.05, 4.69) is 12.2 Å². The fraction of sp³-hybridized carbons (Fsp3) is 0.600. The summed E-state index contributed by atoms with van der Waals surface area (Å²) in [6.45, 7) is 3.64. The van der Waals surface area contributed by atoms with Gasteiger partial charge in [-0.1, -0.05) is 31.0 Å². The molecule has 1 aliphatic carbocycles. The van der Waals surface area contributed by atoms with Crippen molar-refractivity contribution in [1.29, 1.82) is 0 Å². The van der Waals surface area contributed by atoms with Gasteiger partial charge in [0.1, 0.15) is 5.75 Å². The maximum Gasteiger partial charge on any atom is 0.120 e. The van der Waals surface area contributed by atoms with Crippen LogP contribution in [0, 0.1) is 0 Å². The average Bonchev–Trinajstić information content (AvgIpc) is 2.88. The molecule has 1 unspecified atom stereocenters. The number of para-hydroxylation sites is 1. The normalized spacial score (nSPS) is 18.1. The summed E-state index contributed by atoms with van der Waals surface area (Å²) in [5.74, 6) is 0.356. The topological polar surface area (TPSA) is 41.5 Å². The van der Waals surface area contributed by atoms with E-state index >= 15 is 0 Å². The minimum Gasteiger partial charge on any atom is -0.508 e. The molecule has 3 heteroatoms. The number of phenols is 1. The van der Waals surface area contributed by atoms with Crippen molar-refractivity contribution < 1.29 is 9.84 Å². The Kier molecular flexibility index (Phi) is 5.02.